The number of hydrogen-bond acceptors (Lipinski definition) is 4. The Morgan fingerprint density at radius 3 is 2.58 bits per heavy atom. The number of carbonyl (C=O) groups excluding carboxylic acids is 1. The van der Waals surface area contributed by atoms with Crippen LogP contribution in [0.5, 0.6) is 0 Å². The van der Waals surface area contributed by atoms with Crippen molar-refractivity contribution in [1.29, 1.82) is 0 Å². The molecular formula is C12H22N2O5. The molecule has 0 aromatic heterocycles. The first kappa shape index (κ1) is 15.7. The molecule has 0 radical (unpaired) electrons. The third-order valence-corrected chi connectivity index (χ3v) is 2.86. The molecule has 0 bridgehead atoms. The number of carbonyl (C=O) groups is 2. The summed E-state index contributed by atoms with van der Waals surface area (Å²) < 4.78 is 5.44. The third-order valence-electron chi connectivity index (χ3n) is 2.86. The number of rotatable bonds is 4. The molecule has 0 saturated carbocycles. The van der Waals surface area contributed by atoms with Crippen molar-refractivity contribution in [1.82, 2.24) is 10.2 Å². The zero-order chi connectivity index (χ0) is 14.6. The molecule has 3 N–H and O–H groups in total. The lowest BCUT2D eigenvalue weighted by Gasteiger charge is -2.38. The number of nitrogens with zero attached hydrogens (tertiary/aromatic N) is 1. The van der Waals surface area contributed by atoms with Gasteiger partial charge in [-0.2, -0.15) is 0 Å². The van der Waals surface area contributed by atoms with Crippen molar-refractivity contribution in [2.24, 2.45) is 0 Å². The van der Waals surface area contributed by atoms with E-state index in [0.717, 1.165) is 0 Å². The average Bonchev–Trinajstić information content (AvgIpc) is 2.25. The van der Waals surface area contributed by atoms with Gasteiger partial charge >= 0.3 is 12.0 Å². The molecule has 0 aliphatic carbocycles. The van der Waals surface area contributed by atoms with Crippen LogP contribution < -0.4 is 5.32 Å². The Balaban J connectivity index is 2.59. The number of aliphatic hydroxyl groups excluding tert-OH is 1. The summed E-state index contributed by atoms with van der Waals surface area (Å²) in [6.07, 6.45) is -0.696. The van der Waals surface area contributed by atoms with E-state index in [4.69, 9.17) is 14.9 Å². The average molecular weight is 274 g/mol. The van der Waals surface area contributed by atoms with Crippen LogP contribution in [0.2, 0.25) is 0 Å². The Labute approximate surface area is 112 Å². The molecule has 0 aromatic rings. The van der Waals surface area contributed by atoms with Crippen LogP contribution in [0.1, 0.15) is 27.2 Å². The summed E-state index contributed by atoms with van der Waals surface area (Å²) in [4.78, 5) is 24.3. The second kappa shape index (κ2) is 6.21. The molecule has 7 nitrogen and oxygen atoms in total. The van der Waals surface area contributed by atoms with E-state index < -0.39 is 17.6 Å². The maximum Gasteiger partial charge on any atom is 0.318 e. The lowest BCUT2D eigenvalue weighted by atomic mass is 10.0. The molecule has 2 unspecified atom stereocenters. The maximum absolute atomic E-state index is 12.1. The first-order chi connectivity index (χ1) is 8.73. The van der Waals surface area contributed by atoms with Crippen molar-refractivity contribution in [2.75, 3.05) is 19.7 Å². The van der Waals surface area contributed by atoms with E-state index in [0.29, 0.717) is 13.1 Å². The summed E-state index contributed by atoms with van der Waals surface area (Å²) in [6.45, 7) is 5.72. The fourth-order valence-electron chi connectivity index (χ4n) is 2.10. The van der Waals surface area contributed by atoms with Crippen molar-refractivity contribution in [3.05, 3.63) is 0 Å². The van der Waals surface area contributed by atoms with Crippen LogP contribution in [0.15, 0.2) is 0 Å². The Bertz CT molecular complexity index is 345. The molecule has 1 heterocycles. The van der Waals surface area contributed by atoms with E-state index in [1.54, 1.807) is 18.7 Å². The number of ether oxygens (including phenoxy) is 1. The van der Waals surface area contributed by atoms with Gasteiger partial charge in [0.1, 0.15) is 0 Å². The monoisotopic (exact) mass is 274 g/mol. The molecule has 2 amide bonds. The molecule has 7 heteroatoms. The molecule has 2 atom stereocenters. The van der Waals surface area contributed by atoms with Gasteiger partial charge in [-0.1, -0.05) is 0 Å². The summed E-state index contributed by atoms with van der Waals surface area (Å²) in [5, 5.41) is 20.6. The van der Waals surface area contributed by atoms with Crippen molar-refractivity contribution in [2.45, 2.75) is 44.9 Å². The highest BCUT2D eigenvalue weighted by Gasteiger charge is 2.31. The topological polar surface area (TPSA) is 99.1 Å². The van der Waals surface area contributed by atoms with E-state index in [1.165, 1.54) is 0 Å². The molecule has 0 spiro atoms. The summed E-state index contributed by atoms with van der Waals surface area (Å²) in [7, 11) is 0. The van der Waals surface area contributed by atoms with Gasteiger partial charge in [0.25, 0.3) is 0 Å². The van der Waals surface area contributed by atoms with Gasteiger partial charge in [-0.25, -0.2) is 4.79 Å². The van der Waals surface area contributed by atoms with E-state index in [-0.39, 0.29) is 25.2 Å². The molecule has 1 rings (SSSR count). The highest BCUT2D eigenvalue weighted by molar-refractivity contribution is 5.77. The number of hydrogen-bond donors (Lipinski definition) is 3. The highest BCUT2D eigenvalue weighted by Crippen LogP contribution is 2.14. The fourth-order valence-corrected chi connectivity index (χ4v) is 2.10. The minimum atomic E-state index is -0.964. The first-order valence-corrected chi connectivity index (χ1v) is 6.28. The number of aliphatic hydroxyl groups is 1. The number of aliphatic carboxylic acids is 1. The summed E-state index contributed by atoms with van der Waals surface area (Å²) in [6, 6.07) is -0.333. The van der Waals surface area contributed by atoms with Gasteiger partial charge in [0.15, 0.2) is 0 Å². The normalized spacial score (nSPS) is 24.1. The molecule has 1 saturated heterocycles. The van der Waals surface area contributed by atoms with Gasteiger partial charge < -0.3 is 25.2 Å². The lowest BCUT2D eigenvalue weighted by Crippen LogP contribution is -2.57. The second-order valence-corrected chi connectivity index (χ2v) is 5.54. The Kier molecular flexibility index (Phi) is 5.13. The summed E-state index contributed by atoms with van der Waals surface area (Å²) in [5.41, 5.74) is -0.820. The van der Waals surface area contributed by atoms with Crippen molar-refractivity contribution in [3.8, 4) is 0 Å². The van der Waals surface area contributed by atoms with Gasteiger partial charge in [0.2, 0.25) is 0 Å². The quantitative estimate of drug-likeness (QED) is 0.672. The third kappa shape index (κ3) is 5.04. The van der Waals surface area contributed by atoms with E-state index in [1.807, 2.05) is 6.92 Å². The van der Waals surface area contributed by atoms with Gasteiger partial charge in [-0.3, -0.25) is 4.79 Å². The minimum absolute atomic E-state index is 0.146. The van der Waals surface area contributed by atoms with E-state index >= 15 is 0 Å². The van der Waals surface area contributed by atoms with Gasteiger partial charge in [0, 0.05) is 12.1 Å². The molecule has 1 aliphatic heterocycles. The van der Waals surface area contributed by atoms with Crippen LogP contribution >= 0.6 is 0 Å². The minimum Gasteiger partial charge on any atom is -0.481 e. The molecule has 1 fully saturated rings. The number of morpholine rings is 1. The van der Waals surface area contributed by atoms with Crippen LogP contribution in [-0.4, -0.2) is 64.6 Å². The van der Waals surface area contributed by atoms with Crippen LogP contribution in [0, 0.1) is 0 Å². The standard InChI is InChI=1S/C12H22N2O5/c1-8-5-14(6-9(7-15)19-8)11(18)13-12(2,3)4-10(16)17/h8-9,15H,4-7H2,1-3H3,(H,13,18)(H,16,17). The van der Waals surface area contributed by atoms with Crippen LogP contribution in [0.4, 0.5) is 4.79 Å². The number of carboxylic acids is 1. The lowest BCUT2D eigenvalue weighted by molar-refractivity contribution is -0.138. The second-order valence-electron chi connectivity index (χ2n) is 5.54. The zero-order valence-electron chi connectivity index (χ0n) is 11.5. The van der Waals surface area contributed by atoms with Crippen LogP contribution in [-0.2, 0) is 9.53 Å². The van der Waals surface area contributed by atoms with Crippen LogP contribution in [0.3, 0.4) is 0 Å². The SMILES string of the molecule is CC1CN(C(=O)NC(C)(C)CC(=O)O)CC(CO)O1. The highest BCUT2D eigenvalue weighted by atomic mass is 16.5. The number of amides is 2. The van der Waals surface area contributed by atoms with E-state index in [2.05, 4.69) is 5.32 Å². The van der Waals surface area contributed by atoms with E-state index in [9.17, 15) is 9.59 Å². The summed E-state index contributed by atoms with van der Waals surface area (Å²) >= 11 is 0. The zero-order valence-corrected chi connectivity index (χ0v) is 11.5. The molecule has 1 aliphatic rings. The van der Waals surface area contributed by atoms with Crippen molar-refractivity contribution >= 4 is 12.0 Å². The number of urea groups is 1. The Morgan fingerprint density at radius 1 is 1.42 bits per heavy atom. The molecular weight excluding hydrogens is 252 g/mol. The first-order valence-electron chi connectivity index (χ1n) is 6.28. The molecule has 19 heavy (non-hydrogen) atoms. The van der Waals surface area contributed by atoms with Gasteiger partial charge in [-0.15, -0.1) is 0 Å². The Morgan fingerprint density at radius 2 is 2.05 bits per heavy atom. The van der Waals surface area contributed by atoms with Gasteiger partial charge in [0.05, 0.1) is 31.8 Å². The van der Waals surface area contributed by atoms with Crippen molar-refractivity contribution < 1.29 is 24.5 Å². The van der Waals surface area contributed by atoms with Crippen molar-refractivity contribution in [3.63, 3.8) is 0 Å². The maximum atomic E-state index is 12.1. The predicted molar refractivity (Wildman–Crippen MR) is 67.9 cm³/mol. The van der Waals surface area contributed by atoms with Crippen LogP contribution in [0.25, 0.3) is 0 Å². The van der Waals surface area contributed by atoms with Gasteiger partial charge in [-0.05, 0) is 20.8 Å². The predicted octanol–water partition coefficient (Wildman–Crippen LogP) is 0.0309. The largest absolute Gasteiger partial charge is 0.481 e. The molecule has 110 valence electrons. The summed E-state index contributed by atoms with van der Waals surface area (Å²) in [5.74, 6) is -0.964. The smallest absolute Gasteiger partial charge is 0.318 e. The Hall–Kier alpha value is -1.34. The number of nitrogens with one attached hydrogen (secondary N) is 1. The fraction of sp³-hybridized carbons (Fsp3) is 0.833. The number of carboxylic acid groups (broad SMARTS) is 1. The molecule has 0 aromatic carbocycles.